The maximum atomic E-state index is 12.1. The first kappa shape index (κ1) is 27.9. The standard InChI is InChI=1S/C17H17BrN4O2.C11H15N3O/c18-15-8-4-12(9-20-15)16(23)21-13-5-1-11(2-6-13)3-7-14-10-24-17(19)22-14;12-9-4-1-8(2-5-9)3-6-10-7-15-11(13)14-10/h1-2,4-6,8-9,14H,3,7,10H2,(H2,19,22)(H,21,23);1-2,4-5,10H,3,6-7,12H2,(H2,13,14)/t14-;10-/m00/s1. The van der Waals surface area contributed by atoms with E-state index in [9.17, 15) is 4.79 Å². The molecule has 2 aliphatic rings. The van der Waals surface area contributed by atoms with E-state index < -0.39 is 0 Å². The lowest BCUT2D eigenvalue weighted by Crippen LogP contribution is -2.12. The van der Waals surface area contributed by atoms with Crippen LogP contribution in [0.5, 0.6) is 0 Å². The Labute approximate surface area is 235 Å². The third-order valence-corrected chi connectivity index (χ3v) is 6.65. The number of amides is 1. The van der Waals surface area contributed by atoms with Gasteiger partial charge in [-0.2, -0.15) is 0 Å². The second-order valence-corrected chi connectivity index (χ2v) is 10.0. The molecule has 3 aromatic rings. The lowest BCUT2D eigenvalue weighted by molar-refractivity contribution is 0.102. The molecule has 1 aromatic heterocycles. The molecule has 0 radical (unpaired) electrons. The van der Waals surface area contributed by atoms with E-state index in [4.69, 9.17) is 26.7 Å². The lowest BCUT2D eigenvalue weighted by atomic mass is 10.1. The Kier molecular flexibility index (Phi) is 9.74. The predicted octanol–water partition coefficient (Wildman–Crippen LogP) is 3.66. The van der Waals surface area contributed by atoms with Gasteiger partial charge in [-0.05, 0) is 89.1 Å². The predicted molar refractivity (Wildman–Crippen MR) is 157 cm³/mol. The highest BCUT2D eigenvalue weighted by Crippen LogP contribution is 2.16. The van der Waals surface area contributed by atoms with Crippen molar-refractivity contribution in [3.05, 3.63) is 88.2 Å². The number of hydrogen-bond donors (Lipinski definition) is 4. The number of carbonyl (C=O) groups is 1. The fourth-order valence-electron chi connectivity index (χ4n) is 3.99. The van der Waals surface area contributed by atoms with E-state index in [1.165, 1.54) is 17.3 Å². The molecular weight excluding hydrogens is 562 g/mol. The van der Waals surface area contributed by atoms with Gasteiger partial charge in [0.25, 0.3) is 18.0 Å². The molecule has 5 rings (SSSR count). The first-order valence-electron chi connectivity index (χ1n) is 12.6. The number of nitrogen functional groups attached to an aromatic ring is 1. The van der Waals surface area contributed by atoms with E-state index in [0.29, 0.717) is 29.4 Å². The van der Waals surface area contributed by atoms with Gasteiger partial charge in [0, 0.05) is 17.6 Å². The fraction of sp³-hybridized carbons (Fsp3) is 0.286. The molecule has 11 heteroatoms. The van der Waals surface area contributed by atoms with Crippen LogP contribution in [0, 0.1) is 0 Å². The van der Waals surface area contributed by atoms with Crippen molar-refractivity contribution in [2.45, 2.75) is 37.8 Å². The average Bonchev–Trinajstić information content (AvgIpc) is 3.56. The summed E-state index contributed by atoms with van der Waals surface area (Å²) in [7, 11) is 0. The molecule has 204 valence electrons. The SMILES string of the molecule is NC1=N[C@@H](CCc2ccc(N)cc2)CO1.NC1=N[C@@H](CCc2ccc(NC(=O)c3ccc(Br)nc3)cc2)CO1. The summed E-state index contributed by atoms with van der Waals surface area (Å²) < 4.78 is 10.9. The molecule has 3 heterocycles. The molecule has 0 saturated heterocycles. The van der Waals surface area contributed by atoms with Crippen LogP contribution in [0.4, 0.5) is 11.4 Å². The van der Waals surface area contributed by atoms with Gasteiger partial charge in [-0.3, -0.25) is 4.79 Å². The summed E-state index contributed by atoms with van der Waals surface area (Å²) in [5.74, 6) is -0.185. The van der Waals surface area contributed by atoms with Crippen LogP contribution in [0.1, 0.15) is 34.3 Å². The topological polar surface area (TPSA) is 163 Å². The Hall–Kier alpha value is -4.12. The number of aromatic nitrogens is 1. The van der Waals surface area contributed by atoms with Gasteiger partial charge >= 0.3 is 0 Å². The zero-order valence-electron chi connectivity index (χ0n) is 21.4. The van der Waals surface area contributed by atoms with Gasteiger partial charge in [0.1, 0.15) is 17.8 Å². The molecule has 0 aliphatic carbocycles. The third-order valence-electron chi connectivity index (χ3n) is 6.18. The number of anilines is 2. The van der Waals surface area contributed by atoms with Crippen molar-refractivity contribution in [2.24, 2.45) is 21.5 Å². The Morgan fingerprint density at radius 3 is 1.82 bits per heavy atom. The highest BCUT2D eigenvalue weighted by Gasteiger charge is 2.17. The van der Waals surface area contributed by atoms with E-state index in [1.54, 1.807) is 12.1 Å². The number of ether oxygens (including phenoxy) is 2. The maximum absolute atomic E-state index is 12.1. The number of aliphatic imine (C=N–C) groups is 2. The van der Waals surface area contributed by atoms with Crippen molar-refractivity contribution in [1.82, 2.24) is 4.98 Å². The zero-order chi connectivity index (χ0) is 27.6. The van der Waals surface area contributed by atoms with Gasteiger partial charge in [0.05, 0.1) is 17.6 Å². The van der Waals surface area contributed by atoms with Crippen LogP contribution in [0.15, 0.2) is 81.4 Å². The van der Waals surface area contributed by atoms with Crippen LogP contribution in [0.2, 0.25) is 0 Å². The molecule has 2 aliphatic heterocycles. The summed E-state index contributed by atoms with van der Waals surface area (Å²) in [6.07, 6.45) is 5.24. The summed E-state index contributed by atoms with van der Waals surface area (Å²) in [5.41, 5.74) is 21.0. The van der Waals surface area contributed by atoms with E-state index in [1.807, 2.05) is 48.5 Å². The molecule has 2 aromatic carbocycles. The smallest absolute Gasteiger partial charge is 0.282 e. The molecule has 0 fully saturated rings. The van der Waals surface area contributed by atoms with Gasteiger partial charge in [-0.1, -0.05) is 24.3 Å². The number of carbonyl (C=O) groups excluding carboxylic acids is 1. The van der Waals surface area contributed by atoms with Crippen molar-refractivity contribution in [1.29, 1.82) is 0 Å². The van der Waals surface area contributed by atoms with Crippen molar-refractivity contribution in [2.75, 3.05) is 24.3 Å². The van der Waals surface area contributed by atoms with Crippen LogP contribution in [0.3, 0.4) is 0 Å². The number of aryl methyl sites for hydroxylation is 2. The monoisotopic (exact) mass is 593 g/mol. The normalized spacial score (nSPS) is 17.7. The molecular formula is C28H32BrN7O3. The lowest BCUT2D eigenvalue weighted by Gasteiger charge is -2.08. The second kappa shape index (κ2) is 13.6. The number of nitrogens with one attached hydrogen (secondary N) is 1. The van der Waals surface area contributed by atoms with E-state index in [0.717, 1.165) is 37.1 Å². The van der Waals surface area contributed by atoms with Gasteiger partial charge in [-0.15, -0.1) is 0 Å². The summed E-state index contributed by atoms with van der Waals surface area (Å²) in [5, 5.41) is 2.86. The number of nitrogens with zero attached hydrogens (tertiary/aromatic N) is 3. The third kappa shape index (κ3) is 8.99. The van der Waals surface area contributed by atoms with Crippen molar-refractivity contribution < 1.29 is 14.3 Å². The summed E-state index contributed by atoms with van der Waals surface area (Å²) in [4.78, 5) is 24.6. The minimum absolute atomic E-state index is 0.134. The van der Waals surface area contributed by atoms with E-state index in [-0.39, 0.29) is 24.0 Å². The Bertz CT molecular complexity index is 1300. The Balaban J connectivity index is 0.000000202. The number of rotatable bonds is 8. The van der Waals surface area contributed by atoms with Gasteiger partial charge in [-0.25, -0.2) is 15.0 Å². The van der Waals surface area contributed by atoms with Gasteiger partial charge in [0.2, 0.25) is 0 Å². The van der Waals surface area contributed by atoms with Gasteiger partial charge < -0.3 is 32.0 Å². The molecule has 7 N–H and O–H groups in total. The zero-order valence-corrected chi connectivity index (χ0v) is 23.0. The highest BCUT2D eigenvalue weighted by atomic mass is 79.9. The molecule has 0 spiro atoms. The number of halogens is 1. The van der Waals surface area contributed by atoms with Crippen molar-refractivity contribution >= 4 is 45.3 Å². The number of hydrogen-bond acceptors (Lipinski definition) is 9. The first-order valence-corrected chi connectivity index (χ1v) is 13.4. The molecule has 2 atom stereocenters. The van der Waals surface area contributed by atoms with E-state index in [2.05, 4.69) is 36.2 Å². The fourth-order valence-corrected chi connectivity index (χ4v) is 4.22. The molecule has 1 amide bonds. The number of pyridine rings is 1. The highest BCUT2D eigenvalue weighted by molar-refractivity contribution is 9.10. The molecule has 10 nitrogen and oxygen atoms in total. The van der Waals surface area contributed by atoms with Crippen molar-refractivity contribution in [3.63, 3.8) is 0 Å². The van der Waals surface area contributed by atoms with Crippen LogP contribution >= 0.6 is 15.9 Å². The maximum Gasteiger partial charge on any atom is 0.282 e. The summed E-state index contributed by atoms with van der Waals surface area (Å²) >= 11 is 3.25. The Morgan fingerprint density at radius 2 is 1.36 bits per heavy atom. The number of nitrogens with two attached hydrogens (primary N) is 3. The number of amidine groups is 2. The van der Waals surface area contributed by atoms with E-state index >= 15 is 0 Å². The average molecular weight is 595 g/mol. The summed E-state index contributed by atoms with van der Waals surface area (Å²) in [6.45, 7) is 1.17. The Morgan fingerprint density at radius 1 is 0.821 bits per heavy atom. The van der Waals surface area contributed by atoms with Crippen LogP contribution < -0.4 is 22.5 Å². The number of benzene rings is 2. The van der Waals surface area contributed by atoms with Crippen molar-refractivity contribution in [3.8, 4) is 0 Å². The molecule has 39 heavy (non-hydrogen) atoms. The van der Waals surface area contributed by atoms with Crippen LogP contribution in [-0.4, -0.2) is 48.2 Å². The molecule has 0 saturated carbocycles. The van der Waals surface area contributed by atoms with Crippen LogP contribution in [0.25, 0.3) is 0 Å². The molecule has 0 bridgehead atoms. The quantitative estimate of drug-likeness (QED) is 0.228. The largest absolute Gasteiger partial charge is 0.463 e. The summed E-state index contributed by atoms with van der Waals surface area (Å²) in [6, 6.07) is 20.1. The second-order valence-electron chi connectivity index (χ2n) is 9.20. The molecule has 0 unspecified atom stereocenters. The minimum atomic E-state index is -0.185. The minimum Gasteiger partial charge on any atom is -0.463 e. The van der Waals surface area contributed by atoms with Gasteiger partial charge in [0.15, 0.2) is 0 Å². The van der Waals surface area contributed by atoms with Crippen LogP contribution in [-0.2, 0) is 22.3 Å². The first-order chi connectivity index (χ1) is 18.8.